The maximum absolute atomic E-state index is 11.0. The molecule has 1 saturated carbocycles. The molecule has 0 aromatic carbocycles. The van der Waals surface area contributed by atoms with Crippen molar-refractivity contribution in [2.24, 2.45) is 0 Å². The molecule has 0 amide bonds. The van der Waals surface area contributed by atoms with E-state index in [0.717, 1.165) is 25.7 Å². The molecule has 0 spiro atoms. The van der Waals surface area contributed by atoms with E-state index in [1.807, 2.05) is 11.8 Å². The molecule has 4 nitrogen and oxygen atoms in total. The fourth-order valence-corrected chi connectivity index (χ4v) is 6.41. The zero-order chi connectivity index (χ0) is 21.9. The van der Waals surface area contributed by atoms with E-state index in [1.54, 1.807) is 0 Å². The van der Waals surface area contributed by atoms with Crippen LogP contribution in [-0.2, 0) is 9.09 Å². The smallest absolute Gasteiger partial charge is 0.303 e. The second-order valence-electron chi connectivity index (χ2n) is 9.18. The van der Waals surface area contributed by atoms with E-state index in [9.17, 15) is 4.57 Å². The molecule has 0 heterocycles. The Morgan fingerprint density at radius 2 is 1.23 bits per heavy atom. The van der Waals surface area contributed by atoms with E-state index in [4.69, 9.17) is 14.3 Å². The van der Waals surface area contributed by atoms with Crippen LogP contribution in [0.5, 0.6) is 0 Å². The first-order chi connectivity index (χ1) is 14.5. The molecule has 2 N–H and O–H groups in total. The van der Waals surface area contributed by atoms with Gasteiger partial charge in [0.2, 0.25) is 0 Å². The van der Waals surface area contributed by atoms with E-state index < -0.39 is 7.82 Å². The van der Waals surface area contributed by atoms with Gasteiger partial charge in [0.05, 0.1) is 6.10 Å². The van der Waals surface area contributed by atoms with Crippen LogP contribution >= 0.6 is 19.6 Å². The summed E-state index contributed by atoms with van der Waals surface area (Å²) in [6.45, 7) is 2.28. The summed E-state index contributed by atoms with van der Waals surface area (Å²) in [6.07, 6.45) is 25.9. The van der Waals surface area contributed by atoms with Crippen LogP contribution in [0.1, 0.15) is 135 Å². The maximum atomic E-state index is 11.0. The van der Waals surface area contributed by atoms with Gasteiger partial charge in [-0.15, -0.1) is 0 Å². The van der Waals surface area contributed by atoms with E-state index in [2.05, 4.69) is 6.92 Å². The summed E-state index contributed by atoms with van der Waals surface area (Å²) in [5, 5.41) is 0.506. The average molecular weight is 465 g/mol. The number of hydrogen-bond donors (Lipinski definition) is 2. The minimum absolute atomic E-state index is 0.261. The molecule has 180 valence electrons. The van der Waals surface area contributed by atoms with Crippen LogP contribution in [0.25, 0.3) is 0 Å². The van der Waals surface area contributed by atoms with Crippen molar-refractivity contribution in [2.75, 3.05) is 5.75 Å². The Bertz CT molecular complexity index is 429. The summed E-state index contributed by atoms with van der Waals surface area (Å²) >= 11 is 1.98. The van der Waals surface area contributed by atoms with Crippen molar-refractivity contribution in [3.63, 3.8) is 0 Å². The van der Waals surface area contributed by atoms with Crippen molar-refractivity contribution in [3.05, 3.63) is 0 Å². The van der Waals surface area contributed by atoms with Gasteiger partial charge < -0.3 is 9.79 Å². The minimum atomic E-state index is -4.34. The van der Waals surface area contributed by atoms with Crippen LogP contribution in [0.3, 0.4) is 0 Å². The molecule has 0 radical (unpaired) electrons. The predicted molar refractivity (Wildman–Crippen MR) is 131 cm³/mol. The van der Waals surface area contributed by atoms with E-state index in [-0.39, 0.29) is 6.10 Å². The lowest BCUT2D eigenvalue weighted by atomic mass is 9.97. The molecule has 0 aliphatic heterocycles. The normalized spacial score (nSPS) is 20.0. The Balaban J connectivity index is 1.80. The first-order valence-corrected chi connectivity index (χ1v) is 15.4. The first-order valence-electron chi connectivity index (χ1n) is 12.9. The lowest BCUT2D eigenvalue weighted by molar-refractivity contribution is 0.106. The van der Waals surface area contributed by atoms with Gasteiger partial charge in [0.15, 0.2) is 0 Å². The van der Waals surface area contributed by atoms with Crippen LogP contribution in [0.2, 0.25) is 0 Å². The second-order valence-corrected chi connectivity index (χ2v) is 11.8. The van der Waals surface area contributed by atoms with Gasteiger partial charge in [-0.2, -0.15) is 11.8 Å². The first kappa shape index (κ1) is 28.5. The molecule has 1 fully saturated rings. The third kappa shape index (κ3) is 18.1. The number of phosphoric acid groups is 1. The van der Waals surface area contributed by atoms with Gasteiger partial charge in [0.1, 0.15) is 0 Å². The molecule has 2 atom stereocenters. The summed E-state index contributed by atoms with van der Waals surface area (Å²) < 4.78 is 15.9. The highest BCUT2D eigenvalue weighted by atomic mass is 32.2. The Morgan fingerprint density at radius 3 is 1.70 bits per heavy atom. The third-order valence-electron chi connectivity index (χ3n) is 6.22. The van der Waals surface area contributed by atoms with Gasteiger partial charge in [0, 0.05) is 5.25 Å². The molecule has 30 heavy (non-hydrogen) atoms. The molecule has 0 bridgehead atoms. The quantitative estimate of drug-likeness (QED) is 0.140. The molecule has 0 aromatic rings. The Kier molecular flexibility index (Phi) is 18.0. The van der Waals surface area contributed by atoms with Crippen LogP contribution in [0.4, 0.5) is 0 Å². The second kappa shape index (κ2) is 19.0. The fraction of sp³-hybridized carbons (Fsp3) is 1.00. The molecule has 1 rings (SSSR count). The Labute approximate surface area is 191 Å². The van der Waals surface area contributed by atoms with Crippen molar-refractivity contribution in [1.82, 2.24) is 0 Å². The lowest BCUT2D eigenvalue weighted by Gasteiger charge is -2.28. The molecule has 1 aliphatic rings. The molecular formula is C24H49O4PS. The lowest BCUT2D eigenvalue weighted by Crippen LogP contribution is -2.23. The van der Waals surface area contributed by atoms with E-state index in [1.165, 1.54) is 108 Å². The highest BCUT2D eigenvalue weighted by molar-refractivity contribution is 7.99. The Morgan fingerprint density at radius 1 is 0.767 bits per heavy atom. The predicted octanol–water partition coefficient (Wildman–Crippen LogP) is 8.40. The molecule has 0 unspecified atom stereocenters. The standard InChI is InChI=1S/C24H49O4PS/c1-2-3-4-5-6-7-8-9-10-11-12-13-14-15-16-17-21-30-24-20-18-19-23(22-24)28-29(25,26)27/h23-24H,2-22H2,1H3,(H2,25,26,27)/t23-,24-/m1/s1. The van der Waals surface area contributed by atoms with Crippen molar-refractivity contribution in [2.45, 2.75) is 147 Å². The van der Waals surface area contributed by atoms with Crippen LogP contribution in [0.15, 0.2) is 0 Å². The minimum Gasteiger partial charge on any atom is -0.303 e. The zero-order valence-corrected chi connectivity index (χ0v) is 21.3. The molecule has 0 aromatic heterocycles. The van der Waals surface area contributed by atoms with E-state index in [0.29, 0.717) is 5.25 Å². The van der Waals surface area contributed by atoms with Gasteiger partial charge in [-0.3, -0.25) is 4.52 Å². The van der Waals surface area contributed by atoms with Crippen molar-refractivity contribution >= 4 is 19.6 Å². The van der Waals surface area contributed by atoms with Crippen molar-refractivity contribution in [1.29, 1.82) is 0 Å². The monoisotopic (exact) mass is 464 g/mol. The largest absolute Gasteiger partial charge is 0.469 e. The summed E-state index contributed by atoms with van der Waals surface area (Å²) in [6, 6.07) is 0. The van der Waals surface area contributed by atoms with E-state index >= 15 is 0 Å². The fourth-order valence-electron chi connectivity index (χ4n) is 4.44. The van der Waals surface area contributed by atoms with Crippen LogP contribution < -0.4 is 0 Å². The van der Waals surface area contributed by atoms with Gasteiger partial charge in [-0.25, -0.2) is 4.57 Å². The molecular weight excluding hydrogens is 415 g/mol. The summed E-state index contributed by atoms with van der Waals surface area (Å²) in [4.78, 5) is 17.9. The molecule has 0 saturated heterocycles. The number of unbranched alkanes of at least 4 members (excludes halogenated alkanes) is 15. The summed E-state index contributed by atoms with van der Waals surface area (Å²) in [7, 11) is -4.34. The van der Waals surface area contributed by atoms with Gasteiger partial charge in [0.25, 0.3) is 0 Å². The van der Waals surface area contributed by atoms with Crippen molar-refractivity contribution in [3.8, 4) is 0 Å². The number of phosphoric ester groups is 1. The third-order valence-corrected chi connectivity index (χ3v) is 8.21. The van der Waals surface area contributed by atoms with Gasteiger partial charge in [-0.05, 0) is 37.9 Å². The topological polar surface area (TPSA) is 66.8 Å². The number of hydrogen-bond acceptors (Lipinski definition) is 3. The Hall–Kier alpha value is 0.460. The molecule has 6 heteroatoms. The SMILES string of the molecule is CCCCCCCCCCCCCCCCCCS[C@@H]1CCC[C@@H](OP(=O)(O)O)C1. The van der Waals surface area contributed by atoms with Crippen molar-refractivity contribution < 1.29 is 18.9 Å². The van der Waals surface area contributed by atoms with Crippen LogP contribution in [0, 0.1) is 0 Å². The highest BCUT2D eigenvalue weighted by Gasteiger charge is 2.28. The van der Waals surface area contributed by atoms with Crippen LogP contribution in [-0.4, -0.2) is 26.9 Å². The van der Waals surface area contributed by atoms with Gasteiger partial charge >= 0.3 is 7.82 Å². The average Bonchev–Trinajstić information content (AvgIpc) is 2.69. The summed E-state index contributed by atoms with van der Waals surface area (Å²) in [5.74, 6) is 1.17. The van der Waals surface area contributed by atoms with Gasteiger partial charge in [-0.1, -0.05) is 103 Å². The highest BCUT2D eigenvalue weighted by Crippen LogP contribution is 2.42. The molecule has 1 aliphatic carbocycles. The summed E-state index contributed by atoms with van der Waals surface area (Å²) in [5.41, 5.74) is 0. The maximum Gasteiger partial charge on any atom is 0.469 e. The number of rotatable bonds is 20. The number of thioether (sulfide) groups is 1. The zero-order valence-electron chi connectivity index (χ0n) is 19.6.